The average molecular weight is 412 g/mol. The van der Waals surface area contributed by atoms with Gasteiger partial charge < -0.3 is 9.47 Å². The van der Waals surface area contributed by atoms with Gasteiger partial charge >= 0.3 is 0 Å². The summed E-state index contributed by atoms with van der Waals surface area (Å²) in [4.78, 5) is 4.72. The lowest BCUT2D eigenvalue weighted by Gasteiger charge is -2.27. The molecule has 29 heavy (non-hydrogen) atoms. The molecule has 2 heterocycles. The van der Waals surface area contributed by atoms with E-state index in [9.17, 15) is 17.6 Å². The van der Waals surface area contributed by atoms with E-state index in [1.165, 1.54) is 0 Å². The van der Waals surface area contributed by atoms with E-state index in [1.807, 2.05) is 6.07 Å². The maximum Gasteiger partial charge on any atom is 0.254 e. The van der Waals surface area contributed by atoms with Crippen molar-refractivity contribution in [3.63, 3.8) is 0 Å². The number of methoxy groups -OCH3 is 1. The number of benzene rings is 1. The number of aromatic nitrogens is 1. The molecule has 0 amide bonds. The second kappa shape index (κ2) is 9.19. The molecule has 3 rings (SSSR count). The Hall–Kier alpha value is -2.72. The van der Waals surface area contributed by atoms with Crippen LogP contribution in [0.3, 0.4) is 0 Å². The number of rotatable bonds is 6. The number of nitrogens with one attached hydrogen (secondary N) is 1. The average Bonchev–Trinajstić information content (AvgIpc) is 2.73. The molecule has 0 atom stereocenters. The van der Waals surface area contributed by atoms with E-state index in [4.69, 9.17) is 9.47 Å². The third-order valence-electron chi connectivity index (χ3n) is 4.53. The van der Waals surface area contributed by atoms with Crippen LogP contribution < -0.4 is 10.2 Å². The second-order valence-corrected chi connectivity index (χ2v) is 6.42. The number of hydrogen-bond donors (Lipinski definition) is 1. The Bertz CT molecular complexity index is 891. The number of anilines is 1. The van der Waals surface area contributed by atoms with Crippen LogP contribution in [-0.4, -0.2) is 49.0 Å². The van der Waals surface area contributed by atoms with Crippen LogP contribution in [0, 0.1) is 23.5 Å². The molecule has 1 N–H and O–H groups in total. The Morgan fingerprint density at radius 2 is 1.83 bits per heavy atom. The lowest BCUT2D eigenvalue weighted by atomic mass is 10.1. The third-order valence-corrected chi connectivity index (χ3v) is 4.53. The molecule has 0 bridgehead atoms. The molecular formula is C19H20F4N4O2. The molecule has 1 fully saturated rings. The molecule has 6 nitrogen and oxygen atoms in total. The predicted molar refractivity (Wildman–Crippen MR) is 99.0 cm³/mol. The largest absolute Gasteiger partial charge is 0.496 e. The third kappa shape index (κ3) is 4.83. The van der Waals surface area contributed by atoms with Gasteiger partial charge in [0.05, 0.1) is 26.0 Å². The molecule has 0 spiro atoms. The highest BCUT2D eigenvalue weighted by atomic mass is 19.2. The van der Waals surface area contributed by atoms with Crippen molar-refractivity contribution >= 4 is 11.4 Å². The van der Waals surface area contributed by atoms with E-state index >= 15 is 0 Å². The number of morpholine rings is 1. The molecule has 1 aliphatic heterocycles. The van der Waals surface area contributed by atoms with E-state index in [0.29, 0.717) is 36.8 Å². The number of pyridine rings is 1. The van der Waals surface area contributed by atoms with Crippen LogP contribution in [0.15, 0.2) is 23.3 Å². The number of hydrazone groups is 1. The summed E-state index contributed by atoms with van der Waals surface area (Å²) in [6.45, 7) is 5.12. The van der Waals surface area contributed by atoms with Gasteiger partial charge in [0, 0.05) is 25.2 Å². The molecule has 0 aliphatic carbocycles. The first-order valence-electron chi connectivity index (χ1n) is 8.88. The van der Waals surface area contributed by atoms with Gasteiger partial charge in [-0.25, -0.2) is 0 Å². The van der Waals surface area contributed by atoms with Crippen molar-refractivity contribution < 1.29 is 27.0 Å². The fourth-order valence-corrected chi connectivity index (χ4v) is 2.92. The van der Waals surface area contributed by atoms with Crippen molar-refractivity contribution in [2.45, 2.75) is 13.5 Å². The molecule has 0 radical (unpaired) electrons. The highest BCUT2D eigenvalue weighted by molar-refractivity contribution is 5.99. The first kappa shape index (κ1) is 21.0. The Labute approximate surface area is 165 Å². The molecule has 1 aliphatic rings. The van der Waals surface area contributed by atoms with Gasteiger partial charge in [0.2, 0.25) is 11.6 Å². The molecule has 1 saturated heterocycles. The molecule has 0 unspecified atom stereocenters. The van der Waals surface area contributed by atoms with E-state index < -0.39 is 29.2 Å². The molecule has 1 aromatic heterocycles. The number of ether oxygens (including phenoxy) is 2. The van der Waals surface area contributed by atoms with E-state index in [0.717, 1.165) is 18.7 Å². The summed E-state index contributed by atoms with van der Waals surface area (Å²) >= 11 is 0. The Balaban J connectivity index is 1.83. The van der Waals surface area contributed by atoms with Crippen molar-refractivity contribution in [3.8, 4) is 5.75 Å². The molecule has 10 heteroatoms. The summed E-state index contributed by atoms with van der Waals surface area (Å²) in [6.07, 6.45) is 0. The van der Waals surface area contributed by atoms with Gasteiger partial charge in [-0.15, -0.1) is 0 Å². The van der Waals surface area contributed by atoms with Gasteiger partial charge in [0.1, 0.15) is 11.4 Å². The predicted octanol–water partition coefficient (Wildman–Crippen LogP) is 3.31. The highest BCUT2D eigenvalue weighted by Gasteiger charge is 2.20. The maximum absolute atomic E-state index is 13.7. The van der Waals surface area contributed by atoms with Gasteiger partial charge in [-0.1, -0.05) is 0 Å². The molecule has 2 aromatic rings. The van der Waals surface area contributed by atoms with Crippen molar-refractivity contribution in [3.05, 3.63) is 52.9 Å². The first-order chi connectivity index (χ1) is 13.9. The summed E-state index contributed by atoms with van der Waals surface area (Å²) < 4.78 is 64.6. The number of hydrogen-bond acceptors (Lipinski definition) is 6. The minimum Gasteiger partial charge on any atom is -0.496 e. The van der Waals surface area contributed by atoms with Crippen LogP contribution in [0.4, 0.5) is 23.2 Å². The summed E-state index contributed by atoms with van der Waals surface area (Å²) in [6, 6.07) is 5.33. The lowest BCUT2D eigenvalue weighted by Crippen LogP contribution is -2.35. The van der Waals surface area contributed by atoms with Gasteiger partial charge in [0.25, 0.3) is 11.9 Å². The highest BCUT2D eigenvalue weighted by Crippen LogP contribution is 2.24. The second-order valence-electron chi connectivity index (χ2n) is 6.42. The van der Waals surface area contributed by atoms with E-state index in [2.05, 4.69) is 20.4 Å². The Morgan fingerprint density at radius 1 is 1.17 bits per heavy atom. The summed E-state index contributed by atoms with van der Waals surface area (Å²) in [7, 11) is 1.57. The van der Waals surface area contributed by atoms with Gasteiger partial charge in [-0.3, -0.25) is 10.3 Å². The van der Waals surface area contributed by atoms with Gasteiger partial charge in [-0.05, 0) is 30.7 Å². The molecule has 0 saturated carbocycles. The van der Waals surface area contributed by atoms with Crippen molar-refractivity contribution in [2.75, 3.05) is 38.8 Å². The molecule has 1 aromatic carbocycles. The zero-order chi connectivity index (χ0) is 21.0. The van der Waals surface area contributed by atoms with Crippen LogP contribution in [0.5, 0.6) is 5.75 Å². The smallest absolute Gasteiger partial charge is 0.254 e. The van der Waals surface area contributed by atoms with Gasteiger partial charge in [-0.2, -0.15) is 27.6 Å². The number of halogens is 4. The minimum absolute atomic E-state index is 0.354. The van der Waals surface area contributed by atoms with Crippen molar-refractivity contribution in [1.29, 1.82) is 0 Å². The molecule has 156 valence electrons. The van der Waals surface area contributed by atoms with Crippen LogP contribution in [0.25, 0.3) is 0 Å². The normalized spacial score (nSPS) is 15.4. The van der Waals surface area contributed by atoms with Crippen LogP contribution in [0.1, 0.15) is 18.1 Å². The van der Waals surface area contributed by atoms with Crippen molar-refractivity contribution in [1.82, 2.24) is 9.88 Å². The van der Waals surface area contributed by atoms with Gasteiger partial charge in [0.15, 0.2) is 0 Å². The Morgan fingerprint density at radius 3 is 2.45 bits per heavy atom. The summed E-state index contributed by atoms with van der Waals surface area (Å²) in [5.74, 6) is -6.12. The summed E-state index contributed by atoms with van der Waals surface area (Å²) in [5, 5.41) is 3.86. The SMILES string of the molecule is COc1ccc(/C(C)=N\Nc2c(F)c(F)nc(F)c2F)cc1CN1CCOCC1. The fourth-order valence-electron chi connectivity index (χ4n) is 2.92. The number of nitrogens with zero attached hydrogens (tertiary/aromatic N) is 3. The fraction of sp³-hybridized carbons (Fsp3) is 0.368. The summed E-state index contributed by atoms with van der Waals surface area (Å²) in [5.41, 5.74) is 2.91. The molecular weight excluding hydrogens is 392 g/mol. The topological polar surface area (TPSA) is 59.0 Å². The zero-order valence-corrected chi connectivity index (χ0v) is 15.9. The maximum atomic E-state index is 13.7. The zero-order valence-electron chi connectivity index (χ0n) is 15.9. The van der Waals surface area contributed by atoms with E-state index in [1.54, 1.807) is 26.2 Å². The van der Waals surface area contributed by atoms with E-state index in [-0.39, 0.29) is 0 Å². The van der Waals surface area contributed by atoms with Crippen LogP contribution in [0.2, 0.25) is 0 Å². The quantitative estimate of drug-likeness (QED) is 0.342. The lowest BCUT2D eigenvalue weighted by molar-refractivity contribution is 0.0339. The van der Waals surface area contributed by atoms with Crippen molar-refractivity contribution in [2.24, 2.45) is 5.10 Å². The monoisotopic (exact) mass is 412 g/mol. The standard InChI is InChI=1S/C19H20F4N4O2/c1-11(25-26-17-15(20)18(22)24-19(23)16(17)21)12-3-4-14(28-2)13(9-12)10-27-5-7-29-8-6-27/h3-4,9H,5-8,10H2,1-2H3,(H,24,26)/b25-11-. The van der Waals surface area contributed by atoms with Crippen LogP contribution >= 0.6 is 0 Å². The first-order valence-corrected chi connectivity index (χ1v) is 8.88. The Kier molecular flexibility index (Phi) is 6.65. The minimum atomic E-state index is -1.75. The van der Waals surface area contributed by atoms with Crippen LogP contribution in [-0.2, 0) is 11.3 Å².